The van der Waals surface area contributed by atoms with E-state index < -0.39 is 67.7 Å². The van der Waals surface area contributed by atoms with Crippen LogP contribution >= 0.6 is 0 Å². The van der Waals surface area contributed by atoms with Crippen molar-refractivity contribution in [2.24, 2.45) is 28.6 Å². The predicted octanol–water partition coefficient (Wildman–Crippen LogP) is 3.36. The maximum absolute atomic E-state index is 15.9. The zero-order valence-electron chi connectivity index (χ0n) is 39.5. The molecule has 3 aliphatic carbocycles. The Morgan fingerprint density at radius 3 is 2.28 bits per heavy atom. The summed E-state index contributed by atoms with van der Waals surface area (Å²) < 4.78 is 47.0. The zero-order chi connectivity index (χ0) is 48.6. The summed E-state index contributed by atoms with van der Waals surface area (Å²) in [6, 6.07) is 2.04. The predicted molar refractivity (Wildman–Crippen MR) is 251 cm³/mol. The smallest absolute Gasteiger partial charge is 0.252 e. The number of amides is 5. The highest BCUT2D eigenvalue weighted by atomic mass is 32.2. The standard InChI is InChI=1S/C49H64FN9O9S/c1-47-27-36(50)38(26-35(47)44(64)59(45(47)65)37-6-7-39(60)53-42(37)62)55-24-18-49(19-25-55)16-9-30(10-17-49)43(63)56-20-13-34(14-21-56)69(67,68)57-22-11-33(12-23-57)52-46-51-28-31-5-8-40(61)58(41(31)54-46)29-32-4-3-15-48(32,2)66/h5,8,26-28,30,32-35,37,66H,3-4,6-7,9-25,29H2,1-2H3,(H,51,52,54)(H,53,60,62)/t32?,35?,37?,47?,48-/m1/s1. The second-order valence-electron chi connectivity index (χ2n) is 21.6. The van der Waals surface area contributed by atoms with Crippen LogP contribution in [-0.4, -0.2) is 139 Å². The Hall–Kier alpha value is -5.08. The first-order chi connectivity index (χ1) is 32.9. The highest BCUT2D eigenvalue weighted by Gasteiger charge is 2.60. The molecule has 5 atom stereocenters. The molecule has 3 N–H and O–H groups in total. The molecule has 0 aromatic carbocycles. The number of anilines is 1. The van der Waals surface area contributed by atoms with E-state index in [0.717, 1.165) is 61.7 Å². The number of aliphatic hydroxyl groups is 1. The molecule has 5 amide bonds. The van der Waals surface area contributed by atoms with Crippen molar-refractivity contribution >= 4 is 56.5 Å². The fourth-order valence-electron chi connectivity index (χ4n) is 12.9. The summed E-state index contributed by atoms with van der Waals surface area (Å²) in [5, 5.41) is 16.6. The van der Waals surface area contributed by atoms with Crippen LogP contribution in [0.4, 0.5) is 10.3 Å². The van der Waals surface area contributed by atoms with Gasteiger partial charge in [-0.15, -0.1) is 0 Å². The maximum Gasteiger partial charge on any atom is 0.252 e. The molecule has 4 unspecified atom stereocenters. The van der Waals surface area contributed by atoms with Crippen molar-refractivity contribution in [2.45, 2.75) is 140 Å². The summed E-state index contributed by atoms with van der Waals surface area (Å²) in [5.41, 5.74) is -1.70. The van der Waals surface area contributed by atoms with Gasteiger partial charge in [0.1, 0.15) is 17.5 Å². The SMILES string of the molecule is CC12C=C(F)C(N3CCC4(CCC(C(=O)N5CCC(S(=O)(=O)N6CCC(Nc7ncc8ccc(=O)n(CC9CCC[C@@]9(C)O)c8n7)CC6)CC5)CC4)CC3)=CC1C(=O)N(C1CCC(=O)NC1=O)C2=O. The van der Waals surface area contributed by atoms with Gasteiger partial charge in [0.25, 0.3) is 5.56 Å². The molecular weight excluding hydrogens is 910 g/mol. The van der Waals surface area contributed by atoms with Crippen LogP contribution in [0.5, 0.6) is 0 Å². The van der Waals surface area contributed by atoms with Crippen LogP contribution in [0.1, 0.15) is 110 Å². The topological polar surface area (TPSA) is 225 Å². The number of imide groups is 2. The van der Waals surface area contributed by atoms with Crippen LogP contribution in [0.3, 0.4) is 0 Å². The Bertz CT molecular complexity index is 2670. The van der Waals surface area contributed by atoms with Gasteiger partial charge in [-0.25, -0.2) is 22.1 Å². The molecule has 2 aromatic rings. The monoisotopic (exact) mass is 973 g/mol. The third-order valence-electron chi connectivity index (χ3n) is 17.5. The van der Waals surface area contributed by atoms with E-state index in [2.05, 4.69) is 15.6 Å². The molecule has 69 heavy (non-hydrogen) atoms. The molecule has 0 radical (unpaired) electrons. The van der Waals surface area contributed by atoms with Crippen LogP contribution in [0.2, 0.25) is 0 Å². The molecule has 372 valence electrons. The second kappa shape index (κ2) is 18.0. The number of pyridine rings is 1. The summed E-state index contributed by atoms with van der Waals surface area (Å²) in [6.07, 6.45) is 13.6. The summed E-state index contributed by atoms with van der Waals surface area (Å²) in [4.78, 5) is 92.4. The number of fused-ring (bicyclic) bond motifs is 2. The molecule has 2 saturated carbocycles. The molecule has 8 aliphatic rings. The van der Waals surface area contributed by atoms with E-state index >= 15 is 4.39 Å². The van der Waals surface area contributed by atoms with E-state index in [9.17, 15) is 42.3 Å². The molecule has 10 rings (SSSR count). The normalized spacial score (nSPS) is 31.0. The summed E-state index contributed by atoms with van der Waals surface area (Å²) in [5.74, 6) is -3.63. The van der Waals surface area contributed by atoms with E-state index in [1.165, 1.54) is 19.1 Å². The number of carbonyl (C=O) groups is 5. The van der Waals surface area contributed by atoms with Gasteiger partial charge in [-0.05, 0) is 121 Å². The lowest BCUT2D eigenvalue weighted by molar-refractivity contribution is -0.151. The second-order valence-corrected chi connectivity index (χ2v) is 23.8. The number of sulfonamides is 1. The molecule has 5 aliphatic heterocycles. The van der Waals surface area contributed by atoms with Crippen molar-refractivity contribution < 1.29 is 41.9 Å². The molecule has 7 heterocycles. The zero-order valence-corrected chi connectivity index (χ0v) is 40.4. The Morgan fingerprint density at radius 1 is 0.899 bits per heavy atom. The minimum atomic E-state index is -3.59. The number of hydrogen-bond donors (Lipinski definition) is 3. The Morgan fingerprint density at radius 2 is 1.61 bits per heavy atom. The number of nitrogens with one attached hydrogen (secondary N) is 2. The number of piperidine rings is 4. The van der Waals surface area contributed by atoms with E-state index in [1.54, 1.807) is 27.2 Å². The first-order valence-corrected chi connectivity index (χ1v) is 26.6. The van der Waals surface area contributed by atoms with Crippen LogP contribution in [0.15, 0.2) is 46.8 Å². The fraction of sp³-hybridized carbons (Fsp3) is 0.673. The first-order valence-electron chi connectivity index (χ1n) is 25.1. The minimum Gasteiger partial charge on any atom is -0.390 e. The van der Waals surface area contributed by atoms with Crippen LogP contribution in [0.25, 0.3) is 11.0 Å². The number of aromatic nitrogens is 3. The number of nitrogens with zero attached hydrogens (tertiary/aromatic N) is 7. The molecule has 20 heteroatoms. The number of rotatable bonds is 9. The Labute approximate surface area is 401 Å². The van der Waals surface area contributed by atoms with E-state index in [1.807, 2.05) is 16.7 Å². The Balaban J connectivity index is 0.680. The van der Waals surface area contributed by atoms with Gasteiger partial charge < -0.3 is 20.2 Å². The van der Waals surface area contributed by atoms with Gasteiger partial charge in [0.05, 0.1) is 27.9 Å². The van der Waals surface area contributed by atoms with Gasteiger partial charge in [-0.1, -0.05) is 6.42 Å². The van der Waals surface area contributed by atoms with Gasteiger partial charge in [0.15, 0.2) is 0 Å². The highest BCUT2D eigenvalue weighted by Crippen LogP contribution is 2.51. The number of likely N-dealkylation sites (tertiary alicyclic amines) is 3. The largest absolute Gasteiger partial charge is 0.390 e. The average molecular weight is 974 g/mol. The lowest BCUT2D eigenvalue weighted by atomic mass is 9.65. The van der Waals surface area contributed by atoms with Gasteiger partial charge >= 0.3 is 0 Å². The highest BCUT2D eigenvalue weighted by molar-refractivity contribution is 7.89. The summed E-state index contributed by atoms with van der Waals surface area (Å²) >= 11 is 0. The number of carbonyl (C=O) groups excluding carboxylic acids is 5. The molecule has 18 nitrogen and oxygen atoms in total. The molecule has 2 aromatic heterocycles. The molecule has 7 fully saturated rings. The third-order valence-corrected chi connectivity index (χ3v) is 19.9. The van der Waals surface area contributed by atoms with Crippen LogP contribution in [0, 0.1) is 28.6 Å². The van der Waals surface area contributed by atoms with Gasteiger partial charge in [0, 0.05) is 87.8 Å². The fourth-order valence-corrected chi connectivity index (χ4v) is 14.8. The van der Waals surface area contributed by atoms with E-state index in [4.69, 9.17) is 4.98 Å². The number of allylic oxidation sites excluding steroid dienone is 1. The van der Waals surface area contributed by atoms with Gasteiger partial charge in [-0.2, -0.15) is 4.98 Å². The van der Waals surface area contributed by atoms with Crippen molar-refractivity contribution in [1.82, 2.24) is 38.9 Å². The lowest BCUT2D eigenvalue weighted by Gasteiger charge is -2.47. The average Bonchev–Trinajstić information content (AvgIpc) is 3.76. The minimum absolute atomic E-state index is 0.00516. The molecule has 1 spiro atoms. The number of hydrogen-bond acceptors (Lipinski definition) is 13. The maximum atomic E-state index is 15.9. The summed E-state index contributed by atoms with van der Waals surface area (Å²) in [7, 11) is -3.59. The quantitative estimate of drug-likeness (QED) is 0.307. The first kappa shape index (κ1) is 47.6. The summed E-state index contributed by atoms with van der Waals surface area (Å²) in [6.45, 7) is 6.32. The van der Waals surface area contributed by atoms with E-state index in [0.29, 0.717) is 89.5 Å². The lowest BCUT2D eigenvalue weighted by Crippen LogP contribution is -2.54. The van der Waals surface area contributed by atoms with Crippen molar-refractivity contribution in [3.8, 4) is 0 Å². The van der Waals surface area contributed by atoms with Crippen molar-refractivity contribution in [3.63, 3.8) is 0 Å². The van der Waals surface area contributed by atoms with Crippen molar-refractivity contribution in [2.75, 3.05) is 44.6 Å². The van der Waals surface area contributed by atoms with E-state index in [-0.39, 0.29) is 53.3 Å². The van der Waals surface area contributed by atoms with Crippen LogP contribution < -0.4 is 16.2 Å². The van der Waals surface area contributed by atoms with Crippen molar-refractivity contribution in [1.29, 1.82) is 0 Å². The van der Waals surface area contributed by atoms with Crippen LogP contribution in [-0.2, 0) is 40.5 Å². The van der Waals surface area contributed by atoms with Crippen molar-refractivity contribution in [3.05, 3.63) is 52.4 Å². The van der Waals surface area contributed by atoms with Gasteiger partial charge in [0.2, 0.25) is 45.5 Å². The molecular formula is C49H64FN9O9S. The van der Waals surface area contributed by atoms with Gasteiger partial charge in [-0.3, -0.25) is 43.6 Å². The Kier molecular flexibility index (Phi) is 12.4. The third kappa shape index (κ3) is 8.69. The number of halogens is 1. The molecule has 0 bridgehead atoms. The molecule has 5 saturated heterocycles.